The van der Waals surface area contributed by atoms with Crippen LogP contribution in [-0.2, 0) is 13.6 Å². The molecule has 112 valence electrons. The molecule has 0 amide bonds. The summed E-state index contributed by atoms with van der Waals surface area (Å²) in [4.78, 5) is 12.1. The van der Waals surface area contributed by atoms with Gasteiger partial charge >= 0.3 is 0 Å². The molecule has 0 aliphatic rings. The average molecular weight is 285 g/mol. The predicted molar refractivity (Wildman–Crippen MR) is 86.3 cm³/mol. The lowest BCUT2D eigenvalue weighted by atomic mass is 10.1. The fourth-order valence-corrected chi connectivity index (χ4v) is 2.19. The van der Waals surface area contributed by atoms with Crippen molar-refractivity contribution < 1.29 is 0 Å². The van der Waals surface area contributed by atoms with E-state index in [1.54, 1.807) is 7.05 Å². The van der Waals surface area contributed by atoms with Gasteiger partial charge in [-0.1, -0.05) is 43.2 Å². The van der Waals surface area contributed by atoms with Crippen LogP contribution in [0.15, 0.2) is 35.1 Å². The highest BCUT2D eigenvalue weighted by Gasteiger charge is 2.07. The predicted octanol–water partition coefficient (Wildman–Crippen LogP) is 2.65. The molecule has 0 bridgehead atoms. The van der Waals surface area contributed by atoms with Gasteiger partial charge in [-0.2, -0.15) is 5.10 Å². The second-order valence-electron chi connectivity index (χ2n) is 5.38. The molecule has 0 fully saturated rings. The molecular weight excluding hydrogens is 262 g/mol. The molecule has 4 nitrogen and oxygen atoms in total. The van der Waals surface area contributed by atoms with Crippen LogP contribution >= 0.6 is 0 Å². The Labute approximate surface area is 125 Å². The highest BCUT2D eigenvalue weighted by molar-refractivity contribution is 5.59. The van der Waals surface area contributed by atoms with E-state index in [0.717, 1.165) is 36.2 Å². The zero-order chi connectivity index (χ0) is 15.2. The monoisotopic (exact) mass is 285 g/mol. The van der Waals surface area contributed by atoms with Gasteiger partial charge in [-0.05, 0) is 26.0 Å². The summed E-state index contributed by atoms with van der Waals surface area (Å²) in [5.74, 6) is 0. The van der Waals surface area contributed by atoms with Gasteiger partial charge in [0.15, 0.2) is 0 Å². The molecule has 0 saturated heterocycles. The summed E-state index contributed by atoms with van der Waals surface area (Å²) in [6.07, 6.45) is 2.27. The van der Waals surface area contributed by atoms with Crippen LogP contribution in [0, 0.1) is 6.92 Å². The van der Waals surface area contributed by atoms with E-state index < -0.39 is 0 Å². The van der Waals surface area contributed by atoms with Gasteiger partial charge in [-0.15, -0.1) is 0 Å². The molecule has 21 heavy (non-hydrogen) atoms. The van der Waals surface area contributed by atoms with E-state index in [2.05, 4.69) is 36.4 Å². The molecule has 0 atom stereocenters. The van der Waals surface area contributed by atoms with E-state index in [1.807, 2.05) is 18.2 Å². The molecule has 2 aromatic rings. The summed E-state index contributed by atoms with van der Waals surface area (Å²) >= 11 is 0. The summed E-state index contributed by atoms with van der Waals surface area (Å²) in [7, 11) is 1.70. The van der Waals surface area contributed by atoms with Crippen LogP contribution in [0.4, 0.5) is 0 Å². The van der Waals surface area contributed by atoms with Gasteiger partial charge in [-0.25, -0.2) is 4.68 Å². The molecule has 1 aromatic carbocycles. The quantitative estimate of drug-likeness (QED) is 0.830. The molecule has 0 radical (unpaired) electrons. The number of nitrogens with one attached hydrogen (secondary N) is 1. The minimum absolute atomic E-state index is 0.0325. The van der Waals surface area contributed by atoms with Gasteiger partial charge in [-0.3, -0.25) is 4.79 Å². The lowest BCUT2D eigenvalue weighted by molar-refractivity contribution is 0.623. The van der Waals surface area contributed by atoms with Crippen molar-refractivity contribution in [1.82, 2.24) is 15.1 Å². The third kappa shape index (κ3) is 4.02. The molecule has 0 aliphatic carbocycles. The number of aryl methyl sites for hydroxylation is 2. The zero-order valence-corrected chi connectivity index (χ0v) is 13.0. The zero-order valence-electron chi connectivity index (χ0n) is 13.0. The van der Waals surface area contributed by atoms with Crippen molar-refractivity contribution in [3.05, 3.63) is 51.8 Å². The summed E-state index contributed by atoms with van der Waals surface area (Å²) < 4.78 is 1.42. The molecule has 2 rings (SSSR count). The number of hydrogen-bond donors (Lipinski definition) is 1. The van der Waals surface area contributed by atoms with E-state index in [0.29, 0.717) is 6.54 Å². The number of nitrogens with zero attached hydrogens (tertiary/aromatic N) is 2. The van der Waals surface area contributed by atoms with E-state index in [1.165, 1.54) is 10.2 Å². The second-order valence-corrected chi connectivity index (χ2v) is 5.38. The first-order valence-corrected chi connectivity index (χ1v) is 7.47. The Hall–Kier alpha value is -1.94. The number of rotatable bonds is 6. The van der Waals surface area contributed by atoms with Crippen molar-refractivity contribution in [1.29, 1.82) is 0 Å². The van der Waals surface area contributed by atoms with Crippen LogP contribution in [0.25, 0.3) is 11.3 Å². The van der Waals surface area contributed by atoms with Crippen LogP contribution in [-0.4, -0.2) is 16.3 Å². The largest absolute Gasteiger partial charge is 0.312 e. The molecule has 1 heterocycles. The molecule has 0 aliphatic heterocycles. The van der Waals surface area contributed by atoms with Crippen molar-refractivity contribution in [3.63, 3.8) is 0 Å². The molecule has 0 unspecified atom stereocenters. The molecular formula is C17H23N3O. The standard InChI is InChI=1S/C17H23N3O/c1-4-5-10-18-12-15-11-16(19-20(3)17(15)21)14-8-6-13(2)7-9-14/h6-9,11,18H,4-5,10,12H2,1-3H3. The maximum absolute atomic E-state index is 12.1. The second kappa shape index (κ2) is 7.18. The third-order valence-electron chi connectivity index (χ3n) is 3.51. The fraction of sp³-hybridized carbons (Fsp3) is 0.412. The van der Waals surface area contributed by atoms with E-state index in [4.69, 9.17) is 0 Å². The first-order valence-electron chi connectivity index (χ1n) is 7.47. The Kier molecular flexibility index (Phi) is 5.28. The summed E-state index contributed by atoms with van der Waals surface area (Å²) in [5, 5.41) is 7.67. The van der Waals surface area contributed by atoms with Gasteiger partial charge in [0.25, 0.3) is 5.56 Å². The Morgan fingerprint density at radius 2 is 1.95 bits per heavy atom. The van der Waals surface area contributed by atoms with Crippen molar-refractivity contribution in [2.75, 3.05) is 6.54 Å². The van der Waals surface area contributed by atoms with Crippen LogP contribution in [0.3, 0.4) is 0 Å². The van der Waals surface area contributed by atoms with Crippen molar-refractivity contribution in [2.24, 2.45) is 7.05 Å². The van der Waals surface area contributed by atoms with Crippen molar-refractivity contribution in [3.8, 4) is 11.3 Å². The van der Waals surface area contributed by atoms with Gasteiger partial charge in [0.2, 0.25) is 0 Å². The van der Waals surface area contributed by atoms with Gasteiger partial charge in [0.05, 0.1) is 5.69 Å². The Bertz CT molecular complexity index is 644. The maximum atomic E-state index is 12.1. The highest BCUT2D eigenvalue weighted by atomic mass is 16.1. The first-order chi connectivity index (χ1) is 10.1. The van der Waals surface area contributed by atoms with Crippen molar-refractivity contribution >= 4 is 0 Å². The molecule has 0 saturated carbocycles. The van der Waals surface area contributed by atoms with Crippen molar-refractivity contribution in [2.45, 2.75) is 33.2 Å². The smallest absolute Gasteiger partial charge is 0.271 e. The Morgan fingerprint density at radius 1 is 1.24 bits per heavy atom. The maximum Gasteiger partial charge on any atom is 0.271 e. The van der Waals surface area contributed by atoms with E-state index >= 15 is 0 Å². The normalized spacial score (nSPS) is 10.8. The first kappa shape index (κ1) is 15.4. The van der Waals surface area contributed by atoms with Gasteiger partial charge in [0.1, 0.15) is 0 Å². The molecule has 1 aromatic heterocycles. The lowest BCUT2D eigenvalue weighted by Gasteiger charge is -2.09. The minimum Gasteiger partial charge on any atom is -0.312 e. The van der Waals surface area contributed by atoms with Crippen LogP contribution < -0.4 is 10.9 Å². The Morgan fingerprint density at radius 3 is 2.62 bits per heavy atom. The summed E-state index contributed by atoms with van der Waals surface area (Å²) in [6.45, 7) is 5.74. The van der Waals surface area contributed by atoms with Gasteiger partial charge < -0.3 is 5.32 Å². The van der Waals surface area contributed by atoms with Crippen LogP contribution in [0.2, 0.25) is 0 Å². The molecule has 4 heteroatoms. The third-order valence-corrected chi connectivity index (χ3v) is 3.51. The van der Waals surface area contributed by atoms with Crippen LogP contribution in [0.5, 0.6) is 0 Å². The summed E-state index contributed by atoms with van der Waals surface area (Å²) in [5.41, 5.74) is 3.81. The highest BCUT2D eigenvalue weighted by Crippen LogP contribution is 2.17. The topological polar surface area (TPSA) is 46.9 Å². The number of unbranched alkanes of at least 4 members (excludes halogenated alkanes) is 1. The fourth-order valence-electron chi connectivity index (χ4n) is 2.19. The average Bonchev–Trinajstić information content (AvgIpc) is 2.48. The lowest BCUT2D eigenvalue weighted by Crippen LogP contribution is -2.28. The minimum atomic E-state index is -0.0325. The molecule has 1 N–H and O–H groups in total. The van der Waals surface area contributed by atoms with Gasteiger partial charge in [0, 0.05) is 24.7 Å². The number of aromatic nitrogens is 2. The summed E-state index contributed by atoms with van der Waals surface area (Å²) in [6, 6.07) is 10.1. The van der Waals surface area contributed by atoms with E-state index in [9.17, 15) is 4.79 Å². The molecule has 0 spiro atoms. The number of hydrogen-bond acceptors (Lipinski definition) is 3. The Balaban J connectivity index is 2.25. The number of benzene rings is 1. The SMILES string of the molecule is CCCCNCc1cc(-c2ccc(C)cc2)nn(C)c1=O. The van der Waals surface area contributed by atoms with Crippen LogP contribution in [0.1, 0.15) is 30.9 Å². The van der Waals surface area contributed by atoms with E-state index in [-0.39, 0.29) is 5.56 Å².